The molecule has 2 heterocycles. The highest BCUT2D eigenvalue weighted by Crippen LogP contribution is 2.30. The molecule has 16 heavy (non-hydrogen) atoms. The van der Waals surface area contributed by atoms with Crippen molar-refractivity contribution in [1.82, 2.24) is 10.3 Å². The first-order chi connectivity index (χ1) is 7.81. The van der Waals surface area contributed by atoms with Crippen molar-refractivity contribution in [1.29, 1.82) is 0 Å². The van der Waals surface area contributed by atoms with E-state index >= 15 is 0 Å². The number of likely N-dealkylation sites (N-methyl/N-ethyl adjacent to an activating group) is 1. The van der Waals surface area contributed by atoms with Gasteiger partial charge in [-0.2, -0.15) is 0 Å². The molecular weight excluding hydrogens is 240 g/mol. The lowest BCUT2D eigenvalue weighted by molar-refractivity contribution is 0.601. The maximum absolute atomic E-state index is 6.13. The van der Waals surface area contributed by atoms with Crippen LogP contribution in [0.1, 0.15) is 16.5 Å². The highest BCUT2D eigenvalue weighted by molar-refractivity contribution is 7.10. The van der Waals surface area contributed by atoms with E-state index in [4.69, 9.17) is 11.6 Å². The Morgan fingerprint density at radius 2 is 2.38 bits per heavy atom. The largest absolute Gasteiger partial charge is 0.312 e. The zero-order valence-corrected chi connectivity index (χ0v) is 10.6. The fourth-order valence-corrected chi connectivity index (χ4v) is 2.93. The Balaban J connectivity index is 2.16. The molecule has 1 N–H and O–H groups in total. The lowest BCUT2D eigenvalue weighted by atomic mass is 10.1. The highest BCUT2D eigenvalue weighted by Gasteiger charge is 2.14. The van der Waals surface area contributed by atoms with E-state index in [0.29, 0.717) is 0 Å². The van der Waals surface area contributed by atoms with Crippen LogP contribution in [0.2, 0.25) is 5.02 Å². The van der Waals surface area contributed by atoms with Crippen LogP contribution >= 0.6 is 22.9 Å². The minimum atomic E-state index is 0.261. The maximum atomic E-state index is 6.13. The molecule has 4 heteroatoms. The zero-order chi connectivity index (χ0) is 11.4. The van der Waals surface area contributed by atoms with Crippen LogP contribution in [0.3, 0.4) is 0 Å². The highest BCUT2D eigenvalue weighted by atomic mass is 35.5. The number of aromatic nitrogens is 1. The van der Waals surface area contributed by atoms with E-state index in [0.717, 1.165) is 11.4 Å². The summed E-state index contributed by atoms with van der Waals surface area (Å²) in [4.78, 5) is 5.31. The fraction of sp³-hybridized carbons (Fsp3) is 0.250. The summed E-state index contributed by atoms with van der Waals surface area (Å²) in [5, 5.41) is 6.15. The molecule has 2 aromatic rings. The van der Waals surface area contributed by atoms with Gasteiger partial charge in [0.2, 0.25) is 0 Å². The molecule has 0 spiro atoms. The summed E-state index contributed by atoms with van der Waals surface area (Å²) in [6.45, 7) is 0. The van der Waals surface area contributed by atoms with Crippen molar-refractivity contribution < 1.29 is 0 Å². The van der Waals surface area contributed by atoms with Gasteiger partial charge in [0.15, 0.2) is 0 Å². The first kappa shape index (κ1) is 11.6. The lowest BCUT2D eigenvalue weighted by Crippen LogP contribution is -2.18. The van der Waals surface area contributed by atoms with Gasteiger partial charge >= 0.3 is 0 Å². The predicted molar refractivity (Wildman–Crippen MR) is 69.1 cm³/mol. The van der Waals surface area contributed by atoms with Crippen LogP contribution in [0.25, 0.3) is 0 Å². The molecule has 0 fully saturated rings. The third kappa shape index (κ3) is 2.61. The molecule has 0 bridgehead atoms. The summed E-state index contributed by atoms with van der Waals surface area (Å²) < 4.78 is 0. The average molecular weight is 253 g/mol. The van der Waals surface area contributed by atoms with Gasteiger partial charge < -0.3 is 5.32 Å². The van der Waals surface area contributed by atoms with Crippen molar-refractivity contribution in [2.24, 2.45) is 0 Å². The van der Waals surface area contributed by atoms with Gasteiger partial charge in [-0.1, -0.05) is 17.7 Å². The molecule has 84 valence electrons. The predicted octanol–water partition coefficient (Wildman–Crippen LogP) is 3.30. The van der Waals surface area contributed by atoms with Gasteiger partial charge in [-0.25, -0.2) is 0 Å². The van der Waals surface area contributed by atoms with Crippen molar-refractivity contribution >= 4 is 22.9 Å². The fourth-order valence-electron chi connectivity index (χ4n) is 1.63. The Morgan fingerprint density at radius 3 is 2.94 bits per heavy atom. The number of hydrogen-bond acceptors (Lipinski definition) is 3. The van der Waals surface area contributed by atoms with Crippen LogP contribution in [-0.2, 0) is 6.42 Å². The quantitative estimate of drug-likeness (QED) is 0.903. The molecule has 0 aliphatic carbocycles. The summed E-state index contributed by atoms with van der Waals surface area (Å²) in [6, 6.07) is 6.24. The number of nitrogens with zero attached hydrogens (tertiary/aromatic N) is 1. The number of halogens is 1. The molecular formula is C12H13ClN2S. The van der Waals surface area contributed by atoms with Gasteiger partial charge in [0.1, 0.15) is 0 Å². The van der Waals surface area contributed by atoms with Crippen LogP contribution in [-0.4, -0.2) is 12.0 Å². The van der Waals surface area contributed by atoms with Gasteiger partial charge in [0, 0.05) is 23.3 Å². The summed E-state index contributed by atoms with van der Waals surface area (Å²) in [6.07, 6.45) is 4.59. The molecule has 2 rings (SSSR count). The molecule has 0 aliphatic rings. The third-order valence-electron chi connectivity index (χ3n) is 2.47. The van der Waals surface area contributed by atoms with Crippen molar-refractivity contribution in [3.8, 4) is 0 Å². The van der Waals surface area contributed by atoms with Crippen LogP contribution in [0.5, 0.6) is 0 Å². The Labute approximate surface area is 104 Å². The third-order valence-corrected chi connectivity index (χ3v) is 3.94. The number of thiophene rings is 1. The van der Waals surface area contributed by atoms with E-state index in [-0.39, 0.29) is 6.04 Å². The molecule has 0 aliphatic heterocycles. The minimum Gasteiger partial charge on any atom is -0.312 e. The van der Waals surface area contributed by atoms with E-state index in [9.17, 15) is 0 Å². The van der Waals surface area contributed by atoms with Gasteiger partial charge in [-0.3, -0.25) is 4.98 Å². The second-order valence-corrected chi connectivity index (χ2v) is 4.89. The number of rotatable bonds is 4. The topological polar surface area (TPSA) is 24.9 Å². The number of nitrogens with one attached hydrogen (secondary N) is 1. The molecule has 1 atom stereocenters. The molecule has 0 aromatic carbocycles. The summed E-state index contributed by atoms with van der Waals surface area (Å²) in [7, 11) is 1.96. The Bertz CT molecular complexity index is 441. The van der Waals surface area contributed by atoms with E-state index in [2.05, 4.69) is 16.4 Å². The van der Waals surface area contributed by atoms with E-state index < -0.39 is 0 Å². The average Bonchev–Trinajstić information content (AvgIpc) is 2.74. The van der Waals surface area contributed by atoms with Crippen LogP contribution in [0.4, 0.5) is 0 Å². The molecule has 0 radical (unpaired) electrons. The standard InChI is InChI=1S/C12H13ClN2S/c1-14-11(12-10(13)4-6-16-12)7-9-3-2-5-15-8-9/h2-6,8,11,14H,7H2,1H3. The minimum absolute atomic E-state index is 0.261. The Hall–Kier alpha value is -0.900. The summed E-state index contributed by atoms with van der Waals surface area (Å²) in [5.74, 6) is 0. The molecule has 0 saturated carbocycles. The van der Waals surface area contributed by atoms with Gasteiger partial charge in [0.05, 0.1) is 5.02 Å². The Kier molecular flexibility index (Phi) is 3.93. The maximum Gasteiger partial charge on any atom is 0.0561 e. The second kappa shape index (κ2) is 5.43. The van der Waals surface area contributed by atoms with Crippen molar-refractivity contribution in [3.63, 3.8) is 0 Å². The lowest BCUT2D eigenvalue weighted by Gasteiger charge is -2.15. The van der Waals surface area contributed by atoms with Crippen LogP contribution < -0.4 is 5.32 Å². The van der Waals surface area contributed by atoms with Crippen molar-refractivity contribution in [2.45, 2.75) is 12.5 Å². The molecule has 2 aromatic heterocycles. The van der Waals surface area contributed by atoms with E-state index in [1.54, 1.807) is 17.5 Å². The monoisotopic (exact) mass is 252 g/mol. The van der Waals surface area contributed by atoms with E-state index in [1.807, 2.05) is 30.8 Å². The van der Waals surface area contributed by atoms with E-state index in [1.165, 1.54) is 10.4 Å². The first-order valence-corrected chi connectivity index (χ1v) is 6.36. The second-order valence-electron chi connectivity index (χ2n) is 3.54. The first-order valence-electron chi connectivity index (χ1n) is 5.10. The zero-order valence-electron chi connectivity index (χ0n) is 8.98. The summed E-state index contributed by atoms with van der Waals surface area (Å²) in [5.41, 5.74) is 1.21. The summed E-state index contributed by atoms with van der Waals surface area (Å²) >= 11 is 7.82. The van der Waals surface area contributed by atoms with Crippen molar-refractivity contribution in [3.05, 3.63) is 51.4 Å². The Morgan fingerprint density at radius 1 is 1.50 bits per heavy atom. The van der Waals surface area contributed by atoms with Gasteiger partial charge in [0.25, 0.3) is 0 Å². The van der Waals surface area contributed by atoms with Gasteiger partial charge in [-0.05, 0) is 36.5 Å². The van der Waals surface area contributed by atoms with Gasteiger partial charge in [-0.15, -0.1) is 11.3 Å². The molecule has 0 saturated heterocycles. The molecule has 0 amide bonds. The number of hydrogen-bond donors (Lipinski definition) is 1. The SMILES string of the molecule is CNC(Cc1cccnc1)c1sccc1Cl. The molecule has 2 nitrogen and oxygen atoms in total. The van der Waals surface area contributed by atoms with Crippen molar-refractivity contribution in [2.75, 3.05) is 7.05 Å². The van der Waals surface area contributed by atoms with Crippen LogP contribution in [0.15, 0.2) is 36.0 Å². The normalized spacial score (nSPS) is 12.6. The van der Waals surface area contributed by atoms with Crippen LogP contribution in [0, 0.1) is 0 Å². The number of pyridine rings is 1. The smallest absolute Gasteiger partial charge is 0.0561 e. The molecule has 1 unspecified atom stereocenters.